The van der Waals surface area contributed by atoms with Crippen LogP contribution in [0.25, 0.3) is 0 Å². The van der Waals surface area contributed by atoms with Gasteiger partial charge in [0.1, 0.15) is 17.3 Å². The third-order valence-corrected chi connectivity index (χ3v) is 3.07. The summed E-state index contributed by atoms with van der Waals surface area (Å²) in [5.74, 6) is 1.50. The minimum atomic E-state index is 0.246. The fourth-order valence-corrected chi connectivity index (χ4v) is 1.93. The molecule has 0 aliphatic rings. The van der Waals surface area contributed by atoms with Crippen LogP contribution in [0.15, 0.2) is 17.3 Å². The number of unbranched alkanes of at least 4 members (excludes halogenated alkanes) is 1. The van der Waals surface area contributed by atoms with Crippen LogP contribution in [0, 0.1) is 0 Å². The van der Waals surface area contributed by atoms with Crippen molar-refractivity contribution in [1.29, 1.82) is 0 Å². The lowest BCUT2D eigenvalue weighted by atomic mass is 10.2. The Morgan fingerprint density at radius 3 is 2.60 bits per heavy atom. The molecule has 0 bridgehead atoms. The zero-order valence-corrected chi connectivity index (χ0v) is 12.4. The summed E-state index contributed by atoms with van der Waals surface area (Å²) in [6, 6.07) is 3.50. The molecule has 1 aromatic carbocycles. The lowest BCUT2D eigenvalue weighted by Gasteiger charge is -2.13. The highest BCUT2D eigenvalue weighted by atomic mass is 35.5. The molecule has 112 valence electrons. The molecular formula is C13H20ClN3O3. The number of methoxy groups -OCH3 is 2. The van der Waals surface area contributed by atoms with Crippen LogP contribution in [0.2, 0.25) is 5.02 Å². The van der Waals surface area contributed by atoms with E-state index in [4.69, 9.17) is 32.0 Å². The van der Waals surface area contributed by atoms with Crippen molar-refractivity contribution in [3.63, 3.8) is 0 Å². The van der Waals surface area contributed by atoms with E-state index in [9.17, 15) is 0 Å². The van der Waals surface area contributed by atoms with Gasteiger partial charge in [-0.15, -0.1) is 0 Å². The van der Waals surface area contributed by atoms with Crippen molar-refractivity contribution >= 4 is 23.1 Å². The summed E-state index contributed by atoms with van der Waals surface area (Å²) in [4.78, 5) is 0. The van der Waals surface area contributed by atoms with Crippen LogP contribution < -0.4 is 20.5 Å². The number of amidine groups is 1. The highest BCUT2D eigenvalue weighted by Gasteiger charge is 2.09. The van der Waals surface area contributed by atoms with E-state index in [0.717, 1.165) is 25.1 Å². The van der Waals surface area contributed by atoms with Gasteiger partial charge in [-0.05, 0) is 12.8 Å². The molecular weight excluding hydrogens is 282 g/mol. The summed E-state index contributed by atoms with van der Waals surface area (Å²) in [5, 5.41) is 15.1. The van der Waals surface area contributed by atoms with Crippen molar-refractivity contribution in [2.24, 2.45) is 10.9 Å². The van der Waals surface area contributed by atoms with Gasteiger partial charge in [0.25, 0.3) is 0 Å². The molecule has 0 radical (unpaired) electrons. The molecule has 6 nitrogen and oxygen atoms in total. The Balaban J connectivity index is 2.54. The molecule has 0 unspecified atom stereocenters. The molecule has 4 N–H and O–H groups in total. The van der Waals surface area contributed by atoms with E-state index in [1.807, 2.05) is 0 Å². The van der Waals surface area contributed by atoms with Crippen LogP contribution in [-0.2, 0) is 0 Å². The van der Waals surface area contributed by atoms with Crippen LogP contribution in [0.3, 0.4) is 0 Å². The first kappa shape index (κ1) is 16.2. The standard InChI is InChI=1S/C13H20ClN3O3/c1-19-11-8-10(12(20-2)7-9(11)14)16-6-4-3-5-13(15)17-18/h7-8,16,18H,3-6H2,1-2H3,(H2,15,17). The van der Waals surface area contributed by atoms with Crippen molar-refractivity contribution in [3.05, 3.63) is 17.2 Å². The molecule has 1 aromatic rings. The smallest absolute Gasteiger partial charge is 0.143 e. The Bertz CT molecular complexity index is 466. The second-order valence-electron chi connectivity index (χ2n) is 4.16. The highest BCUT2D eigenvalue weighted by Crippen LogP contribution is 2.35. The van der Waals surface area contributed by atoms with Gasteiger partial charge in [0, 0.05) is 25.1 Å². The van der Waals surface area contributed by atoms with Gasteiger partial charge >= 0.3 is 0 Å². The quantitative estimate of drug-likeness (QED) is 0.226. The molecule has 0 aliphatic carbocycles. The molecule has 7 heteroatoms. The Labute approximate surface area is 123 Å². The number of hydrogen-bond acceptors (Lipinski definition) is 5. The monoisotopic (exact) mass is 301 g/mol. The SMILES string of the molecule is COc1cc(NCCCCC(N)=NO)c(OC)cc1Cl. The molecule has 0 atom stereocenters. The van der Waals surface area contributed by atoms with E-state index < -0.39 is 0 Å². The van der Waals surface area contributed by atoms with Gasteiger partial charge in [-0.1, -0.05) is 16.8 Å². The van der Waals surface area contributed by atoms with Crippen molar-refractivity contribution in [2.45, 2.75) is 19.3 Å². The molecule has 0 heterocycles. The average Bonchev–Trinajstić information content (AvgIpc) is 2.47. The molecule has 0 fully saturated rings. The van der Waals surface area contributed by atoms with E-state index >= 15 is 0 Å². The number of benzene rings is 1. The second-order valence-corrected chi connectivity index (χ2v) is 4.57. The number of halogens is 1. The zero-order valence-electron chi connectivity index (χ0n) is 11.6. The highest BCUT2D eigenvalue weighted by molar-refractivity contribution is 6.32. The Hall–Kier alpha value is -1.82. The number of oxime groups is 1. The third kappa shape index (κ3) is 4.70. The lowest BCUT2D eigenvalue weighted by molar-refractivity contribution is 0.316. The molecule has 0 spiro atoms. The maximum Gasteiger partial charge on any atom is 0.143 e. The predicted molar refractivity (Wildman–Crippen MR) is 80.3 cm³/mol. The Kier molecular flexibility index (Phi) is 6.79. The molecule has 20 heavy (non-hydrogen) atoms. The predicted octanol–water partition coefficient (Wildman–Crippen LogP) is 2.69. The first-order chi connectivity index (χ1) is 9.62. The van der Waals surface area contributed by atoms with E-state index in [0.29, 0.717) is 22.9 Å². The minimum absolute atomic E-state index is 0.246. The maximum atomic E-state index is 8.43. The molecule has 0 aromatic heterocycles. The van der Waals surface area contributed by atoms with Crippen LogP contribution in [-0.4, -0.2) is 31.8 Å². The van der Waals surface area contributed by atoms with Crippen LogP contribution in [0.4, 0.5) is 5.69 Å². The molecule has 1 rings (SSSR count). The zero-order chi connectivity index (χ0) is 15.0. The summed E-state index contributed by atoms with van der Waals surface area (Å²) in [7, 11) is 3.15. The van der Waals surface area contributed by atoms with Crippen molar-refractivity contribution in [3.8, 4) is 11.5 Å². The second kappa shape index (κ2) is 8.37. The minimum Gasteiger partial charge on any atom is -0.495 e. The number of hydrogen-bond donors (Lipinski definition) is 3. The molecule has 0 aliphatic heterocycles. The van der Waals surface area contributed by atoms with Crippen molar-refractivity contribution < 1.29 is 14.7 Å². The number of rotatable bonds is 8. The van der Waals surface area contributed by atoms with E-state index in [1.54, 1.807) is 26.4 Å². The van der Waals surface area contributed by atoms with E-state index in [2.05, 4.69) is 10.5 Å². The summed E-state index contributed by atoms with van der Waals surface area (Å²) in [6.07, 6.45) is 2.28. The first-order valence-corrected chi connectivity index (χ1v) is 6.62. The Morgan fingerprint density at radius 1 is 1.30 bits per heavy atom. The molecule has 0 saturated carbocycles. The van der Waals surface area contributed by atoms with Crippen LogP contribution >= 0.6 is 11.6 Å². The summed E-state index contributed by atoms with van der Waals surface area (Å²) >= 11 is 6.03. The number of nitrogens with one attached hydrogen (secondary N) is 1. The van der Waals surface area contributed by atoms with Gasteiger partial charge in [-0.25, -0.2) is 0 Å². The summed E-state index contributed by atoms with van der Waals surface area (Å²) < 4.78 is 10.4. The molecule has 0 amide bonds. The molecule has 0 saturated heterocycles. The van der Waals surface area contributed by atoms with Crippen molar-refractivity contribution in [2.75, 3.05) is 26.1 Å². The van der Waals surface area contributed by atoms with Gasteiger partial charge < -0.3 is 25.7 Å². The third-order valence-electron chi connectivity index (χ3n) is 2.78. The van der Waals surface area contributed by atoms with Crippen LogP contribution in [0.5, 0.6) is 11.5 Å². The first-order valence-electron chi connectivity index (χ1n) is 6.24. The van der Waals surface area contributed by atoms with Gasteiger partial charge in [0.2, 0.25) is 0 Å². The average molecular weight is 302 g/mol. The normalized spacial score (nSPS) is 11.2. The van der Waals surface area contributed by atoms with E-state index in [1.165, 1.54) is 0 Å². The number of nitrogens with zero attached hydrogens (tertiary/aromatic N) is 1. The fourth-order valence-electron chi connectivity index (χ4n) is 1.70. The number of ether oxygens (including phenoxy) is 2. The van der Waals surface area contributed by atoms with Crippen molar-refractivity contribution in [1.82, 2.24) is 0 Å². The topological polar surface area (TPSA) is 89.1 Å². The van der Waals surface area contributed by atoms with Gasteiger partial charge in [0.05, 0.1) is 24.9 Å². The van der Waals surface area contributed by atoms with Gasteiger partial charge in [0.15, 0.2) is 0 Å². The summed E-state index contributed by atoms with van der Waals surface area (Å²) in [5.41, 5.74) is 6.21. The van der Waals surface area contributed by atoms with E-state index in [-0.39, 0.29) is 5.84 Å². The summed E-state index contributed by atoms with van der Waals surface area (Å²) in [6.45, 7) is 0.736. The maximum absolute atomic E-state index is 8.43. The largest absolute Gasteiger partial charge is 0.495 e. The van der Waals surface area contributed by atoms with Crippen LogP contribution in [0.1, 0.15) is 19.3 Å². The van der Waals surface area contributed by atoms with Gasteiger partial charge in [-0.2, -0.15) is 0 Å². The lowest BCUT2D eigenvalue weighted by Crippen LogP contribution is -2.12. The Morgan fingerprint density at radius 2 is 2.00 bits per heavy atom. The van der Waals surface area contributed by atoms with Gasteiger partial charge in [-0.3, -0.25) is 0 Å². The number of nitrogens with two attached hydrogens (primary N) is 1. The number of anilines is 1. The fraction of sp³-hybridized carbons (Fsp3) is 0.462.